The number of carboxylic acids is 1. The lowest BCUT2D eigenvalue weighted by Gasteiger charge is -2.18. The third-order valence-corrected chi connectivity index (χ3v) is 4.91. The first kappa shape index (κ1) is 14.8. The highest BCUT2D eigenvalue weighted by Gasteiger charge is 2.36. The summed E-state index contributed by atoms with van der Waals surface area (Å²) < 4.78 is 1.91. The van der Waals surface area contributed by atoms with Gasteiger partial charge in [0.2, 0.25) is 5.91 Å². The molecule has 7 heteroatoms. The van der Waals surface area contributed by atoms with Crippen LogP contribution in [0.25, 0.3) is 10.2 Å². The Morgan fingerprint density at radius 1 is 1.40 bits per heavy atom. The lowest BCUT2D eigenvalue weighted by atomic mass is 9.92. The normalized spacial score (nSPS) is 11.6. The summed E-state index contributed by atoms with van der Waals surface area (Å²) in [5.74, 6) is -1.70. The molecule has 0 aliphatic rings. The number of carbonyl (C=O) groups is 2. The van der Waals surface area contributed by atoms with Gasteiger partial charge < -0.3 is 10.4 Å². The number of benzene rings is 1. The van der Waals surface area contributed by atoms with Crippen molar-refractivity contribution in [2.75, 3.05) is 11.6 Å². The van der Waals surface area contributed by atoms with Gasteiger partial charge in [0.15, 0.2) is 4.34 Å². The van der Waals surface area contributed by atoms with Gasteiger partial charge in [0, 0.05) is 5.69 Å². The molecule has 1 heterocycles. The van der Waals surface area contributed by atoms with Crippen molar-refractivity contribution in [1.82, 2.24) is 4.98 Å². The van der Waals surface area contributed by atoms with Gasteiger partial charge in [0.05, 0.1) is 10.2 Å². The number of thioether (sulfide) groups is 1. The van der Waals surface area contributed by atoms with Gasteiger partial charge in [-0.2, -0.15) is 0 Å². The minimum Gasteiger partial charge on any atom is -0.480 e. The van der Waals surface area contributed by atoms with Crippen LogP contribution in [0, 0.1) is 5.41 Å². The SMILES string of the molecule is CSc1nc2ccc(NC(=O)C(C)(C)C(=O)O)cc2s1. The fraction of sp³-hybridized carbons (Fsp3) is 0.308. The molecule has 2 N–H and O–H groups in total. The maximum absolute atomic E-state index is 12.0. The van der Waals surface area contributed by atoms with Crippen LogP contribution in [0.15, 0.2) is 22.5 Å². The van der Waals surface area contributed by atoms with Crippen LogP contribution in [0.5, 0.6) is 0 Å². The molecule has 0 radical (unpaired) electrons. The van der Waals surface area contributed by atoms with Gasteiger partial charge >= 0.3 is 5.97 Å². The number of nitrogens with one attached hydrogen (secondary N) is 1. The van der Waals surface area contributed by atoms with Gasteiger partial charge in [-0.1, -0.05) is 11.8 Å². The average Bonchev–Trinajstić information content (AvgIpc) is 2.80. The lowest BCUT2D eigenvalue weighted by molar-refractivity contribution is -0.151. The van der Waals surface area contributed by atoms with Crippen LogP contribution in [-0.2, 0) is 9.59 Å². The van der Waals surface area contributed by atoms with E-state index in [0.29, 0.717) is 5.69 Å². The Morgan fingerprint density at radius 3 is 2.70 bits per heavy atom. The Morgan fingerprint density at radius 2 is 2.10 bits per heavy atom. The predicted molar refractivity (Wildman–Crippen MR) is 81.4 cm³/mol. The first-order valence-corrected chi connectivity index (χ1v) is 7.88. The molecule has 5 nitrogen and oxygen atoms in total. The number of anilines is 1. The number of aliphatic carboxylic acids is 1. The molecule has 2 rings (SSSR count). The van der Waals surface area contributed by atoms with E-state index in [0.717, 1.165) is 14.6 Å². The number of carboxylic acid groups (broad SMARTS) is 1. The minimum absolute atomic E-state index is 0.543. The van der Waals surface area contributed by atoms with Gasteiger partial charge in [-0.05, 0) is 38.3 Å². The van der Waals surface area contributed by atoms with Gasteiger partial charge in [0.25, 0.3) is 0 Å². The molecule has 0 aliphatic heterocycles. The maximum Gasteiger partial charge on any atom is 0.318 e. The highest BCUT2D eigenvalue weighted by Crippen LogP contribution is 2.30. The molecule has 20 heavy (non-hydrogen) atoms. The standard InChI is InChI=1S/C13H14N2O3S2/c1-13(2,11(17)18)10(16)14-7-4-5-8-9(6-7)20-12(15-8)19-3/h4-6H,1-3H3,(H,14,16)(H,17,18). The summed E-state index contributed by atoms with van der Waals surface area (Å²) >= 11 is 3.10. The van der Waals surface area contributed by atoms with Crippen molar-refractivity contribution in [2.24, 2.45) is 5.41 Å². The van der Waals surface area contributed by atoms with Crippen LogP contribution in [0.4, 0.5) is 5.69 Å². The lowest BCUT2D eigenvalue weighted by Crippen LogP contribution is -2.37. The Hall–Kier alpha value is -1.60. The fourth-order valence-corrected chi connectivity index (χ4v) is 2.98. The highest BCUT2D eigenvalue weighted by molar-refractivity contribution is 8.00. The van der Waals surface area contributed by atoms with Gasteiger partial charge in [-0.3, -0.25) is 9.59 Å². The number of aromatic nitrogens is 1. The number of rotatable bonds is 4. The number of nitrogens with zero attached hydrogens (tertiary/aromatic N) is 1. The van der Waals surface area contributed by atoms with E-state index >= 15 is 0 Å². The van der Waals surface area contributed by atoms with Crippen LogP contribution in [0.3, 0.4) is 0 Å². The Kier molecular flexibility index (Phi) is 4.01. The van der Waals surface area contributed by atoms with Gasteiger partial charge in [-0.25, -0.2) is 4.98 Å². The van der Waals surface area contributed by atoms with Crippen molar-refractivity contribution < 1.29 is 14.7 Å². The monoisotopic (exact) mass is 310 g/mol. The van der Waals surface area contributed by atoms with E-state index in [4.69, 9.17) is 5.11 Å². The van der Waals surface area contributed by atoms with Crippen LogP contribution >= 0.6 is 23.1 Å². The maximum atomic E-state index is 12.0. The molecule has 1 aromatic heterocycles. The summed E-state index contributed by atoms with van der Waals surface area (Å²) in [6, 6.07) is 5.35. The third-order valence-electron chi connectivity index (χ3n) is 2.90. The molecule has 0 atom stereocenters. The summed E-state index contributed by atoms with van der Waals surface area (Å²) in [5, 5.41) is 11.7. The molecule has 0 fully saturated rings. The molecule has 0 saturated heterocycles. The zero-order valence-corrected chi connectivity index (χ0v) is 12.9. The quantitative estimate of drug-likeness (QED) is 0.670. The topological polar surface area (TPSA) is 79.3 Å². The van der Waals surface area contributed by atoms with Crippen molar-refractivity contribution in [3.63, 3.8) is 0 Å². The second kappa shape index (κ2) is 5.41. The largest absolute Gasteiger partial charge is 0.480 e. The van der Waals surface area contributed by atoms with Crippen LogP contribution in [0.1, 0.15) is 13.8 Å². The summed E-state index contributed by atoms with van der Waals surface area (Å²) in [6.07, 6.45) is 1.95. The fourth-order valence-electron chi connectivity index (χ4n) is 1.45. The number of thiazole rings is 1. The Bertz CT molecular complexity index is 679. The van der Waals surface area contributed by atoms with E-state index in [1.165, 1.54) is 25.2 Å². The van der Waals surface area contributed by atoms with Crippen LogP contribution in [0.2, 0.25) is 0 Å². The summed E-state index contributed by atoms with van der Waals surface area (Å²) in [5.41, 5.74) is -0.0180. The highest BCUT2D eigenvalue weighted by atomic mass is 32.2. The number of hydrogen-bond donors (Lipinski definition) is 2. The van der Waals surface area contributed by atoms with Crippen molar-refractivity contribution >= 4 is 50.9 Å². The van der Waals surface area contributed by atoms with Crippen LogP contribution in [-0.4, -0.2) is 28.2 Å². The Balaban J connectivity index is 2.26. The molecule has 2 aromatic rings. The summed E-state index contributed by atoms with van der Waals surface area (Å²) in [4.78, 5) is 27.4. The summed E-state index contributed by atoms with van der Waals surface area (Å²) in [7, 11) is 0. The number of hydrogen-bond acceptors (Lipinski definition) is 5. The third kappa shape index (κ3) is 2.78. The van der Waals surface area contributed by atoms with E-state index in [-0.39, 0.29) is 0 Å². The molecule has 106 valence electrons. The molecule has 0 bridgehead atoms. The number of fused-ring (bicyclic) bond motifs is 1. The molecule has 0 aliphatic carbocycles. The second-order valence-corrected chi connectivity index (χ2v) is 6.83. The zero-order valence-electron chi connectivity index (χ0n) is 11.3. The summed E-state index contributed by atoms with van der Waals surface area (Å²) in [6.45, 7) is 2.75. The first-order chi connectivity index (χ1) is 9.34. The van der Waals surface area contributed by atoms with E-state index < -0.39 is 17.3 Å². The van der Waals surface area contributed by atoms with Crippen molar-refractivity contribution in [1.29, 1.82) is 0 Å². The number of amides is 1. The molecule has 0 saturated carbocycles. The molecule has 0 unspecified atom stereocenters. The molecule has 1 aromatic carbocycles. The average molecular weight is 310 g/mol. The van der Waals surface area contributed by atoms with E-state index in [9.17, 15) is 9.59 Å². The van der Waals surface area contributed by atoms with Crippen LogP contribution < -0.4 is 5.32 Å². The van der Waals surface area contributed by atoms with Gasteiger partial charge in [0.1, 0.15) is 5.41 Å². The molecule has 1 amide bonds. The van der Waals surface area contributed by atoms with E-state index in [2.05, 4.69) is 10.3 Å². The van der Waals surface area contributed by atoms with E-state index in [1.54, 1.807) is 17.8 Å². The van der Waals surface area contributed by atoms with E-state index in [1.807, 2.05) is 18.4 Å². The first-order valence-electron chi connectivity index (χ1n) is 5.84. The predicted octanol–water partition coefficient (Wildman–Crippen LogP) is 3.07. The van der Waals surface area contributed by atoms with Crippen molar-refractivity contribution in [2.45, 2.75) is 18.2 Å². The van der Waals surface area contributed by atoms with Crippen molar-refractivity contribution in [3.8, 4) is 0 Å². The minimum atomic E-state index is -1.47. The number of carbonyl (C=O) groups excluding carboxylic acids is 1. The molecule has 0 spiro atoms. The molecular weight excluding hydrogens is 296 g/mol. The van der Waals surface area contributed by atoms with Gasteiger partial charge in [-0.15, -0.1) is 11.3 Å². The second-order valence-electron chi connectivity index (χ2n) is 4.75. The zero-order chi connectivity index (χ0) is 14.9. The Labute approximate surface area is 124 Å². The molecular formula is C13H14N2O3S2. The van der Waals surface area contributed by atoms with Crippen molar-refractivity contribution in [3.05, 3.63) is 18.2 Å². The smallest absolute Gasteiger partial charge is 0.318 e.